The van der Waals surface area contributed by atoms with Gasteiger partial charge in [-0.2, -0.15) is 13.1 Å². The van der Waals surface area contributed by atoms with E-state index in [1.54, 1.807) is 0 Å². The molecule has 0 bridgehead atoms. The van der Waals surface area contributed by atoms with E-state index in [1.165, 1.54) is 0 Å². The predicted octanol–water partition coefficient (Wildman–Crippen LogP) is -1.08. The maximum atomic E-state index is 11.4. The zero-order chi connectivity index (χ0) is 12.2. The van der Waals surface area contributed by atoms with Crippen LogP contribution in [0.25, 0.3) is 0 Å². The fourth-order valence-corrected chi connectivity index (χ4v) is 2.58. The number of hydrogen-bond acceptors (Lipinski definition) is 4. The van der Waals surface area contributed by atoms with Crippen LogP contribution in [0.5, 0.6) is 0 Å². The number of carboxylic acid groups (broad SMARTS) is 1. The van der Waals surface area contributed by atoms with Crippen LogP contribution in [-0.4, -0.2) is 45.3 Å². The molecule has 0 saturated carbocycles. The van der Waals surface area contributed by atoms with Crippen molar-refractivity contribution in [2.45, 2.75) is 19.4 Å². The van der Waals surface area contributed by atoms with Gasteiger partial charge in [0.15, 0.2) is 0 Å². The van der Waals surface area contributed by atoms with Crippen molar-refractivity contribution in [2.24, 2.45) is 5.92 Å². The highest BCUT2D eigenvalue weighted by Crippen LogP contribution is 2.14. The van der Waals surface area contributed by atoms with Crippen LogP contribution in [-0.2, 0) is 19.7 Å². The molecular weight excluding hydrogens is 236 g/mol. The molecule has 0 aromatic carbocycles. The molecule has 7 nitrogen and oxygen atoms in total. The van der Waals surface area contributed by atoms with Crippen molar-refractivity contribution in [3.05, 3.63) is 0 Å². The first-order chi connectivity index (χ1) is 7.46. The number of nitrogens with one attached hydrogen (secondary N) is 2. The first kappa shape index (κ1) is 13.4. The van der Waals surface area contributed by atoms with Crippen molar-refractivity contribution in [1.29, 1.82) is 0 Å². The van der Waals surface area contributed by atoms with Gasteiger partial charge in [-0.3, -0.25) is 4.79 Å². The topological polar surface area (TPSA) is 105 Å². The molecule has 1 fully saturated rings. The van der Waals surface area contributed by atoms with Crippen LogP contribution < -0.4 is 9.44 Å². The van der Waals surface area contributed by atoms with Crippen molar-refractivity contribution in [3.8, 4) is 0 Å². The highest BCUT2D eigenvalue weighted by molar-refractivity contribution is 7.87. The van der Waals surface area contributed by atoms with Crippen molar-refractivity contribution in [1.82, 2.24) is 9.44 Å². The summed E-state index contributed by atoms with van der Waals surface area (Å²) in [4.78, 5) is 10.8. The van der Waals surface area contributed by atoms with Gasteiger partial charge in [-0.25, -0.2) is 4.72 Å². The van der Waals surface area contributed by atoms with Crippen molar-refractivity contribution in [2.75, 3.05) is 19.8 Å². The second-order valence-electron chi connectivity index (χ2n) is 3.60. The summed E-state index contributed by atoms with van der Waals surface area (Å²) in [6.07, 6.45) is 0.671. The van der Waals surface area contributed by atoms with Gasteiger partial charge in [0.1, 0.15) is 0 Å². The van der Waals surface area contributed by atoms with E-state index in [0.717, 1.165) is 0 Å². The molecule has 0 spiro atoms. The molecule has 16 heavy (non-hydrogen) atoms. The molecule has 1 aliphatic rings. The van der Waals surface area contributed by atoms with Crippen molar-refractivity contribution < 1.29 is 23.1 Å². The van der Waals surface area contributed by atoms with Crippen LogP contribution >= 0.6 is 0 Å². The summed E-state index contributed by atoms with van der Waals surface area (Å²) in [5.41, 5.74) is 0. The highest BCUT2D eigenvalue weighted by atomic mass is 32.2. The van der Waals surface area contributed by atoms with Gasteiger partial charge in [0.2, 0.25) is 0 Å². The lowest BCUT2D eigenvalue weighted by molar-refractivity contribution is -0.142. The van der Waals surface area contributed by atoms with E-state index in [9.17, 15) is 13.2 Å². The van der Waals surface area contributed by atoms with E-state index >= 15 is 0 Å². The molecule has 0 aromatic heterocycles. The Morgan fingerprint density at radius 1 is 1.50 bits per heavy atom. The summed E-state index contributed by atoms with van der Waals surface area (Å²) in [5, 5.41) is 8.82. The average molecular weight is 252 g/mol. The number of aliphatic carboxylic acids is 1. The second kappa shape index (κ2) is 5.58. The third kappa shape index (κ3) is 3.71. The lowest BCUT2D eigenvalue weighted by Crippen LogP contribution is -2.47. The van der Waals surface area contributed by atoms with Crippen LogP contribution in [0, 0.1) is 5.92 Å². The zero-order valence-corrected chi connectivity index (χ0v) is 9.79. The third-order valence-electron chi connectivity index (χ3n) is 2.25. The molecule has 0 radical (unpaired) electrons. The maximum absolute atomic E-state index is 11.4. The number of rotatable bonds is 6. The minimum atomic E-state index is -3.64. The predicted molar refractivity (Wildman–Crippen MR) is 56.1 cm³/mol. The number of carbonyl (C=O) groups is 1. The van der Waals surface area contributed by atoms with Gasteiger partial charge >= 0.3 is 5.97 Å². The fourth-order valence-electron chi connectivity index (χ4n) is 1.39. The van der Waals surface area contributed by atoms with Crippen molar-refractivity contribution in [3.63, 3.8) is 0 Å². The van der Waals surface area contributed by atoms with E-state index in [4.69, 9.17) is 9.84 Å². The Balaban J connectivity index is 2.56. The van der Waals surface area contributed by atoms with Crippen LogP contribution in [0.1, 0.15) is 13.3 Å². The molecule has 1 rings (SSSR count). The Bertz CT molecular complexity index is 342. The summed E-state index contributed by atoms with van der Waals surface area (Å²) < 4.78 is 32.4. The van der Waals surface area contributed by atoms with Crippen LogP contribution in [0.2, 0.25) is 0 Å². The summed E-state index contributed by atoms with van der Waals surface area (Å²) in [5.74, 6) is -1.88. The van der Waals surface area contributed by atoms with Gasteiger partial charge in [0.25, 0.3) is 10.2 Å². The fraction of sp³-hybridized carbons (Fsp3) is 0.875. The summed E-state index contributed by atoms with van der Waals surface area (Å²) >= 11 is 0. The Kier molecular flexibility index (Phi) is 4.66. The quantitative estimate of drug-likeness (QED) is 0.557. The summed E-state index contributed by atoms with van der Waals surface area (Å²) in [6.45, 7) is 2.28. The normalized spacial score (nSPS) is 25.8. The van der Waals surface area contributed by atoms with E-state index in [2.05, 4.69) is 9.44 Å². The zero-order valence-electron chi connectivity index (χ0n) is 8.97. The highest BCUT2D eigenvalue weighted by Gasteiger charge is 2.36. The Hall–Kier alpha value is -0.700. The molecule has 1 heterocycles. The minimum absolute atomic E-state index is 0.0380. The summed E-state index contributed by atoms with van der Waals surface area (Å²) in [7, 11) is -3.64. The molecule has 8 heteroatoms. The van der Waals surface area contributed by atoms with Crippen LogP contribution in [0.15, 0.2) is 0 Å². The molecule has 1 saturated heterocycles. The van der Waals surface area contributed by atoms with E-state index in [1.807, 2.05) is 6.92 Å². The van der Waals surface area contributed by atoms with Crippen LogP contribution in [0.3, 0.4) is 0 Å². The van der Waals surface area contributed by atoms with E-state index < -0.39 is 28.1 Å². The van der Waals surface area contributed by atoms with Gasteiger partial charge in [0.05, 0.1) is 25.2 Å². The maximum Gasteiger partial charge on any atom is 0.310 e. The molecule has 3 N–H and O–H groups in total. The van der Waals surface area contributed by atoms with Gasteiger partial charge in [0, 0.05) is 6.54 Å². The first-order valence-electron chi connectivity index (χ1n) is 5.03. The minimum Gasteiger partial charge on any atom is -0.481 e. The molecule has 2 atom stereocenters. The van der Waals surface area contributed by atoms with E-state index in [-0.39, 0.29) is 13.2 Å². The Labute approximate surface area is 94.4 Å². The number of carboxylic acids is 1. The number of hydrogen-bond donors (Lipinski definition) is 3. The Morgan fingerprint density at radius 2 is 2.19 bits per heavy atom. The average Bonchev–Trinajstić information content (AvgIpc) is 2.62. The smallest absolute Gasteiger partial charge is 0.310 e. The second-order valence-corrected chi connectivity index (χ2v) is 5.14. The molecule has 0 aromatic rings. The first-order valence-corrected chi connectivity index (χ1v) is 6.52. The SMILES string of the molecule is CCCNS(=O)(=O)NC1COCC1C(=O)O. The van der Waals surface area contributed by atoms with E-state index in [0.29, 0.717) is 13.0 Å². The van der Waals surface area contributed by atoms with Crippen molar-refractivity contribution >= 4 is 16.2 Å². The van der Waals surface area contributed by atoms with Gasteiger partial charge in [-0.05, 0) is 6.42 Å². The van der Waals surface area contributed by atoms with Gasteiger partial charge in [-0.15, -0.1) is 0 Å². The largest absolute Gasteiger partial charge is 0.481 e. The molecular formula is C8H16N2O5S. The standard InChI is InChI=1S/C8H16N2O5S/c1-2-3-9-16(13,14)10-7-5-15-4-6(7)8(11)12/h6-7,9-10H,2-5H2,1H3,(H,11,12). The van der Waals surface area contributed by atoms with Crippen LogP contribution in [0.4, 0.5) is 0 Å². The lowest BCUT2D eigenvalue weighted by atomic mass is 10.1. The van der Waals surface area contributed by atoms with Gasteiger partial charge < -0.3 is 9.84 Å². The molecule has 1 aliphatic heterocycles. The Morgan fingerprint density at radius 3 is 2.75 bits per heavy atom. The molecule has 0 amide bonds. The monoisotopic (exact) mass is 252 g/mol. The molecule has 0 aliphatic carbocycles. The third-order valence-corrected chi connectivity index (χ3v) is 3.44. The molecule has 2 unspecified atom stereocenters. The lowest BCUT2D eigenvalue weighted by Gasteiger charge is -2.15. The summed E-state index contributed by atoms with van der Waals surface area (Å²) in [6, 6.07) is -0.702. The van der Waals surface area contributed by atoms with Gasteiger partial charge in [-0.1, -0.05) is 6.92 Å². The number of ether oxygens (including phenoxy) is 1. The molecule has 94 valence electrons.